The smallest absolute Gasteiger partial charge is 0.338 e. The molecule has 0 aliphatic rings. The Morgan fingerprint density at radius 1 is 1.12 bits per heavy atom. The Bertz CT molecular complexity index is 880. The number of hydrogen-bond donors (Lipinski definition) is 0. The third kappa shape index (κ3) is 3.41. The first kappa shape index (κ1) is 16.4. The van der Waals surface area contributed by atoms with Gasteiger partial charge < -0.3 is 4.74 Å². The average Bonchev–Trinajstić information content (AvgIpc) is 3.02. The van der Waals surface area contributed by atoms with Crippen LogP contribution in [0.25, 0.3) is 10.2 Å². The molecule has 1 heterocycles. The number of rotatable bonds is 5. The number of fused-ring (bicyclic) bond motifs is 1. The Morgan fingerprint density at radius 2 is 1.88 bits per heavy atom. The number of ether oxygens (including phenoxy) is 1. The Kier molecular flexibility index (Phi) is 4.80. The highest BCUT2D eigenvalue weighted by molar-refractivity contribution is 7.18. The number of carbonyl (C=O) groups excluding carboxylic acids is 1. The lowest BCUT2D eigenvalue weighted by Crippen LogP contribution is -2.06. The number of nitrogens with zero attached hydrogens (tertiary/aromatic N) is 1. The second kappa shape index (κ2) is 7.00. The zero-order valence-corrected chi connectivity index (χ0v) is 13.2. The number of carbonyl (C=O) groups is 1. The van der Waals surface area contributed by atoms with E-state index in [2.05, 4.69) is 4.98 Å². The van der Waals surface area contributed by atoms with Gasteiger partial charge in [0.25, 0.3) is 0 Å². The van der Waals surface area contributed by atoms with Crippen LogP contribution in [0.3, 0.4) is 0 Å². The molecule has 7 heteroatoms. The van der Waals surface area contributed by atoms with Crippen LogP contribution in [0, 0.1) is 17.5 Å². The summed E-state index contributed by atoms with van der Waals surface area (Å²) in [5, 5.41) is 0.462. The predicted molar refractivity (Wildman–Crippen MR) is 84.5 cm³/mol. The van der Waals surface area contributed by atoms with Crippen molar-refractivity contribution in [2.45, 2.75) is 12.8 Å². The zero-order chi connectivity index (χ0) is 17.1. The molecule has 0 radical (unpaired) electrons. The Labute approximate surface area is 139 Å². The number of esters is 1. The lowest BCUT2D eigenvalue weighted by atomic mass is 10.2. The molecule has 0 amide bonds. The molecule has 124 valence electrons. The van der Waals surface area contributed by atoms with Crippen molar-refractivity contribution in [1.29, 1.82) is 0 Å². The Morgan fingerprint density at radius 3 is 2.62 bits per heavy atom. The molecule has 3 aromatic rings. The van der Waals surface area contributed by atoms with Gasteiger partial charge >= 0.3 is 5.97 Å². The maximum Gasteiger partial charge on any atom is 0.338 e. The molecule has 0 bridgehead atoms. The molecular weight excluding hydrogens is 339 g/mol. The molecule has 0 saturated heterocycles. The minimum Gasteiger partial charge on any atom is -0.462 e. The molecule has 0 N–H and O–H groups in total. The lowest BCUT2D eigenvalue weighted by Gasteiger charge is -2.03. The molecule has 0 aliphatic heterocycles. The summed E-state index contributed by atoms with van der Waals surface area (Å²) in [6.07, 6.45) is 0.825. The van der Waals surface area contributed by atoms with E-state index in [4.69, 9.17) is 4.74 Å². The van der Waals surface area contributed by atoms with Crippen LogP contribution in [0.1, 0.15) is 21.8 Å². The maximum atomic E-state index is 13.6. The normalized spacial score (nSPS) is 11.0. The maximum absolute atomic E-state index is 13.6. The first-order valence-corrected chi connectivity index (χ1v) is 8.03. The summed E-state index contributed by atoms with van der Waals surface area (Å²) in [5.41, 5.74) is 0.158. The van der Waals surface area contributed by atoms with Crippen molar-refractivity contribution >= 4 is 27.5 Å². The fourth-order valence-corrected chi connectivity index (χ4v) is 3.19. The monoisotopic (exact) mass is 351 g/mol. The van der Waals surface area contributed by atoms with E-state index in [0.29, 0.717) is 29.5 Å². The van der Waals surface area contributed by atoms with Gasteiger partial charge in [-0.25, -0.2) is 22.9 Å². The van der Waals surface area contributed by atoms with Gasteiger partial charge in [-0.2, -0.15) is 0 Å². The molecule has 0 atom stereocenters. The van der Waals surface area contributed by atoms with Crippen LogP contribution in [-0.2, 0) is 11.2 Å². The molecule has 3 nitrogen and oxygen atoms in total. The number of halogens is 3. The molecule has 2 aromatic carbocycles. The number of hydrogen-bond acceptors (Lipinski definition) is 4. The van der Waals surface area contributed by atoms with E-state index < -0.39 is 23.4 Å². The highest BCUT2D eigenvalue weighted by Crippen LogP contribution is 2.29. The molecular formula is C17H12F3NO2S. The molecule has 0 aliphatic carbocycles. The molecule has 0 saturated carbocycles. The van der Waals surface area contributed by atoms with Gasteiger partial charge in [-0.3, -0.25) is 0 Å². The van der Waals surface area contributed by atoms with Crippen molar-refractivity contribution in [2.75, 3.05) is 6.61 Å². The van der Waals surface area contributed by atoms with Crippen molar-refractivity contribution in [3.8, 4) is 0 Å². The van der Waals surface area contributed by atoms with Gasteiger partial charge in [0.15, 0.2) is 11.6 Å². The van der Waals surface area contributed by atoms with E-state index in [1.165, 1.54) is 0 Å². The largest absolute Gasteiger partial charge is 0.462 e. The third-order valence-corrected chi connectivity index (χ3v) is 4.46. The van der Waals surface area contributed by atoms with Crippen molar-refractivity contribution in [2.24, 2.45) is 0 Å². The topological polar surface area (TPSA) is 39.2 Å². The van der Waals surface area contributed by atoms with Crippen molar-refractivity contribution < 1.29 is 22.7 Å². The first-order chi connectivity index (χ1) is 11.6. The van der Waals surface area contributed by atoms with E-state index in [0.717, 1.165) is 11.3 Å². The van der Waals surface area contributed by atoms with Crippen LogP contribution in [0.5, 0.6) is 0 Å². The van der Waals surface area contributed by atoms with Gasteiger partial charge in [0, 0.05) is 12.5 Å². The van der Waals surface area contributed by atoms with Gasteiger partial charge in [0.2, 0.25) is 0 Å². The molecule has 3 rings (SSSR count). The predicted octanol–water partition coefficient (Wildman–Crippen LogP) is 4.50. The number of benzene rings is 2. The summed E-state index contributed by atoms with van der Waals surface area (Å²) in [4.78, 5) is 15.7. The molecule has 1 aromatic heterocycles. The average molecular weight is 351 g/mol. The van der Waals surface area contributed by atoms with Crippen LogP contribution in [0.15, 0.2) is 36.4 Å². The van der Waals surface area contributed by atoms with Gasteiger partial charge in [-0.1, -0.05) is 18.2 Å². The summed E-state index contributed by atoms with van der Waals surface area (Å²) >= 11 is 0.969. The van der Waals surface area contributed by atoms with E-state index >= 15 is 0 Å². The minimum absolute atomic E-state index is 0.00909. The first-order valence-electron chi connectivity index (χ1n) is 7.21. The second-order valence-electron chi connectivity index (χ2n) is 5.05. The van der Waals surface area contributed by atoms with Gasteiger partial charge in [0.05, 0.1) is 21.9 Å². The van der Waals surface area contributed by atoms with Gasteiger partial charge in [-0.05, 0) is 18.6 Å². The van der Waals surface area contributed by atoms with E-state index in [-0.39, 0.29) is 16.8 Å². The van der Waals surface area contributed by atoms with Crippen LogP contribution in [0.4, 0.5) is 13.2 Å². The standard InChI is InChI=1S/C17H12F3NO2S/c18-11-9-12(19)16-15(14(11)20)21-13(24-16)7-4-8-23-17(22)10-5-2-1-3-6-10/h1-3,5-6,9H,4,7-8H2. The Balaban J connectivity index is 1.59. The van der Waals surface area contributed by atoms with Crippen LogP contribution < -0.4 is 0 Å². The molecule has 0 fully saturated rings. The highest BCUT2D eigenvalue weighted by atomic mass is 32.1. The highest BCUT2D eigenvalue weighted by Gasteiger charge is 2.17. The van der Waals surface area contributed by atoms with Gasteiger partial charge in [-0.15, -0.1) is 11.3 Å². The number of thiazole rings is 1. The molecule has 0 spiro atoms. The van der Waals surface area contributed by atoms with E-state index in [1.54, 1.807) is 30.3 Å². The third-order valence-electron chi connectivity index (χ3n) is 3.34. The summed E-state index contributed by atoms with van der Waals surface area (Å²) in [7, 11) is 0. The van der Waals surface area contributed by atoms with E-state index in [1.807, 2.05) is 0 Å². The summed E-state index contributed by atoms with van der Waals surface area (Å²) in [5.74, 6) is -3.67. The van der Waals surface area contributed by atoms with Crippen LogP contribution >= 0.6 is 11.3 Å². The van der Waals surface area contributed by atoms with Crippen molar-refractivity contribution in [3.63, 3.8) is 0 Å². The minimum atomic E-state index is -1.26. The molecule has 0 unspecified atom stereocenters. The van der Waals surface area contributed by atoms with Gasteiger partial charge in [0.1, 0.15) is 11.3 Å². The lowest BCUT2D eigenvalue weighted by molar-refractivity contribution is 0.0500. The molecule has 24 heavy (non-hydrogen) atoms. The summed E-state index contributed by atoms with van der Waals surface area (Å²) < 4.78 is 45.5. The Hall–Kier alpha value is -2.41. The van der Waals surface area contributed by atoms with Crippen LogP contribution in [0.2, 0.25) is 0 Å². The summed E-state index contributed by atoms with van der Waals surface area (Å²) in [6, 6.07) is 9.08. The van der Waals surface area contributed by atoms with Crippen molar-refractivity contribution in [3.05, 3.63) is 64.4 Å². The van der Waals surface area contributed by atoms with Crippen molar-refractivity contribution in [1.82, 2.24) is 4.98 Å². The number of aryl methyl sites for hydroxylation is 1. The second-order valence-corrected chi connectivity index (χ2v) is 6.13. The zero-order valence-electron chi connectivity index (χ0n) is 12.4. The van der Waals surface area contributed by atoms with Crippen LogP contribution in [-0.4, -0.2) is 17.6 Å². The summed E-state index contributed by atoms with van der Waals surface area (Å²) in [6.45, 7) is 0.156. The SMILES string of the molecule is O=C(OCCCc1nc2c(F)c(F)cc(F)c2s1)c1ccccc1. The fraction of sp³-hybridized carbons (Fsp3) is 0.176. The quantitative estimate of drug-likeness (QED) is 0.386. The fourth-order valence-electron chi connectivity index (χ4n) is 2.18. The van der Waals surface area contributed by atoms with E-state index in [9.17, 15) is 18.0 Å². The number of aromatic nitrogens is 1.